The van der Waals surface area contributed by atoms with E-state index in [0.29, 0.717) is 38.2 Å². The SMILES string of the molecule is Cn1c(SCc2ccc(C(=O)c3ccc(Cl)cc3)cc2)nc2ncn(C)c2c1=O. The number of thioether (sulfide) groups is 1. The van der Waals surface area contributed by atoms with Crippen molar-refractivity contribution >= 4 is 40.3 Å². The highest BCUT2D eigenvalue weighted by atomic mass is 35.5. The average molecular weight is 425 g/mol. The Morgan fingerprint density at radius 3 is 2.31 bits per heavy atom. The van der Waals surface area contributed by atoms with Crippen molar-refractivity contribution in [2.45, 2.75) is 10.9 Å². The molecule has 0 atom stereocenters. The molecule has 0 radical (unpaired) electrons. The Kier molecular flexibility index (Phi) is 5.25. The molecule has 0 N–H and O–H groups in total. The number of hydrogen-bond donors (Lipinski definition) is 0. The summed E-state index contributed by atoms with van der Waals surface area (Å²) in [5.41, 5.74) is 3.05. The van der Waals surface area contributed by atoms with Crippen LogP contribution in [-0.2, 0) is 19.8 Å². The smallest absolute Gasteiger partial charge is 0.280 e. The van der Waals surface area contributed by atoms with Crippen molar-refractivity contribution in [3.8, 4) is 0 Å². The molecule has 4 aromatic rings. The lowest BCUT2D eigenvalue weighted by atomic mass is 10.0. The molecule has 2 aromatic carbocycles. The van der Waals surface area contributed by atoms with Crippen LogP contribution in [0.2, 0.25) is 5.02 Å². The first-order chi connectivity index (χ1) is 13.9. The van der Waals surface area contributed by atoms with Crippen LogP contribution in [-0.4, -0.2) is 24.9 Å². The van der Waals surface area contributed by atoms with Gasteiger partial charge in [-0.2, -0.15) is 0 Å². The van der Waals surface area contributed by atoms with Crippen molar-refractivity contribution < 1.29 is 4.79 Å². The normalized spacial score (nSPS) is 11.1. The molecule has 0 saturated carbocycles. The van der Waals surface area contributed by atoms with E-state index in [9.17, 15) is 9.59 Å². The molecule has 0 fully saturated rings. The van der Waals surface area contributed by atoms with Gasteiger partial charge in [0.2, 0.25) is 0 Å². The Labute approximate surface area is 176 Å². The lowest BCUT2D eigenvalue weighted by molar-refractivity contribution is 0.103. The van der Waals surface area contributed by atoms with Gasteiger partial charge in [0, 0.05) is 36.0 Å². The summed E-state index contributed by atoms with van der Waals surface area (Å²) < 4.78 is 3.21. The third-order valence-electron chi connectivity index (χ3n) is 4.60. The van der Waals surface area contributed by atoms with Gasteiger partial charge in [0.05, 0.1) is 6.33 Å². The van der Waals surface area contributed by atoms with E-state index in [1.165, 1.54) is 16.3 Å². The van der Waals surface area contributed by atoms with Gasteiger partial charge in [0.1, 0.15) is 0 Å². The summed E-state index contributed by atoms with van der Waals surface area (Å²) in [6.45, 7) is 0. The van der Waals surface area contributed by atoms with Gasteiger partial charge in [-0.15, -0.1) is 0 Å². The van der Waals surface area contributed by atoms with Crippen LogP contribution >= 0.6 is 23.4 Å². The third kappa shape index (κ3) is 3.83. The maximum Gasteiger partial charge on any atom is 0.280 e. The second kappa shape index (κ2) is 7.85. The fourth-order valence-electron chi connectivity index (χ4n) is 2.95. The van der Waals surface area contributed by atoms with E-state index in [2.05, 4.69) is 9.97 Å². The molecule has 2 heterocycles. The maximum atomic E-state index is 12.6. The molecule has 0 bridgehead atoms. The maximum absolute atomic E-state index is 12.6. The van der Waals surface area contributed by atoms with Crippen molar-refractivity contribution in [3.63, 3.8) is 0 Å². The Bertz CT molecular complexity index is 1260. The van der Waals surface area contributed by atoms with E-state index < -0.39 is 0 Å². The predicted octanol–water partition coefficient (Wildman–Crippen LogP) is 3.84. The fourth-order valence-corrected chi connectivity index (χ4v) is 4.00. The van der Waals surface area contributed by atoms with Crippen molar-refractivity contribution in [1.82, 2.24) is 19.1 Å². The summed E-state index contributed by atoms with van der Waals surface area (Å²) in [7, 11) is 3.48. The monoisotopic (exact) mass is 424 g/mol. The van der Waals surface area contributed by atoms with Gasteiger partial charge in [-0.3, -0.25) is 14.2 Å². The molecule has 0 aliphatic heterocycles. The number of aryl methyl sites for hydroxylation is 1. The van der Waals surface area contributed by atoms with Gasteiger partial charge in [-0.1, -0.05) is 47.6 Å². The number of rotatable bonds is 5. The molecule has 0 saturated heterocycles. The molecule has 8 heteroatoms. The summed E-state index contributed by atoms with van der Waals surface area (Å²) in [5.74, 6) is 0.569. The van der Waals surface area contributed by atoms with Gasteiger partial charge in [0.25, 0.3) is 5.56 Å². The van der Waals surface area contributed by atoms with Gasteiger partial charge in [0.15, 0.2) is 22.1 Å². The Balaban J connectivity index is 1.50. The fraction of sp³-hybridized carbons (Fsp3) is 0.143. The van der Waals surface area contributed by atoms with Crippen molar-refractivity contribution in [1.29, 1.82) is 0 Å². The highest BCUT2D eigenvalue weighted by Crippen LogP contribution is 2.22. The minimum Gasteiger partial charge on any atom is -0.328 e. The number of hydrogen-bond acceptors (Lipinski definition) is 5. The number of nitrogens with zero attached hydrogens (tertiary/aromatic N) is 4. The first-order valence-electron chi connectivity index (χ1n) is 8.84. The van der Waals surface area contributed by atoms with Crippen LogP contribution < -0.4 is 5.56 Å². The third-order valence-corrected chi connectivity index (χ3v) is 5.96. The first-order valence-corrected chi connectivity index (χ1v) is 10.2. The van der Waals surface area contributed by atoms with Crippen LogP contribution in [0, 0.1) is 0 Å². The number of fused-ring (bicyclic) bond motifs is 1. The molecule has 0 unspecified atom stereocenters. The number of imidazole rings is 1. The summed E-state index contributed by atoms with van der Waals surface area (Å²) in [6, 6.07) is 14.3. The Hall–Kier alpha value is -2.90. The van der Waals surface area contributed by atoms with Crippen LogP contribution in [0.5, 0.6) is 0 Å². The molecule has 0 spiro atoms. The van der Waals surface area contributed by atoms with Gasteiger partial charge in [-0.25, -0.2) is 9.97 Å². The van der Waals surface area contributed by atoms with E-state index in [-0.39, 0.29) is 11.3 Å². The average Bonchev–Trinajstić information content (AvgIpc) is 3.10. The van der Waals surface area contributed by atoms with Crippen LogP contribution in [0.4, 0.5) is 0 Å². The quantitative estimate of drug-likeness (QED) is 0.276. The Morgan fingerprint density at radius 1 is 1.03 bits per heavy atom. The minimum atomic E-state index is -0.124. The largest absolute Gasteiger partial charge is 0.328 e. The molecule has 0 amide bonds. The van der Waals surface area contributed by atoms with Crippen molar-refractivity contribution in [3.05, 3.63) is 86.9 Å². The molecule has 4 rings (SSSR count). The summed E-state index contributed by atoms with van der Waals surface area (Å²) in [4.78, 5) is 33.7. The van der Waals surface area contributed by atoms with Crippen LogP contribution in [0.3, 0.4) is 0 Å². The zero-order valence-electron chi connectivity index (χ0n) is 15.8. The van der Waals surface area contributed by atoms with Crippen LogP contribution in [0.25, 0.3) is 11.2 Å². The van der Waals surface area contributed by atoms with Crippen LogP contribution in [0.15, 0.2) is 64.8 Å². The highest BCUT2D eigenvalue weighted by Gasteiger charge is 2.13. The summed E-state index contributed by atoms with van der Waals surface area (Å²) in [5, 5.41) is 1.20. The predicted molar refractivity (Wildman–Crippen MR) is 115 cm³/mol. The van der Waals surface area contributed by atoms with E-state index >= 15 is 0 Å². The number of benzene rings is 2. The lowest BCUT2D eigenvalue weighted by Gasteiger charge is -2.08. The summed E-state index contributed by atoms with van der Waals surface area (Å²) >= 11 is 7.33. The molecule has 0 aliphatic rings. The van der Waals surface area contributed by atoms with E-state index in [4.69, 9.17) is 11.6 Å². The Morgan fingerprint density at radius 2 is 1.66 bits per heavy atom. The van der Waals surface area contributed by atoms with E-state index in [0.717, 1.165) is 5.56 Å². The molecule has 0 aliphatic carbocycles. The number of carbonyl (C=O) groups excluding carboxylic acids is 1. The molecule has 29 heavy (non-hydrogen) atoms. The van der Waals surface area contributed by atoms with Gasteiger partial charge < -0.3 is 4.57 Å². The zero-order valence-corrected chi connectivity index (χ0v) is 17.4. The number of carbonyl (C=O) groups is 1. The number of halogens is 1. The molecular weight excluding hydrogens is 408 g/mol. The molecular formula is C21H17ClN4O2S. The van der Waals surface area contributed by atoms with Crippen molar-refractivity contribution in [2.24, 2.45) is 14.1 Å². The topological polar surface area (TPSA) is 69.8 Å². The first kappa shape index (κ1) is 19.4. The minimum absolute atomic E-state index is 0.0504. The van der Waals surface area contributed by atoms with Gasteiger partial charge in [-0.05, 0) is 29.8 Å². The molecule has 2 aromatic heterocycles. The zero-order chi connectivity index (χ0) is 20.5. The van der Waals surface area contributed by atoms with Crippen molar-refractivity contribution in [2.75, 3.05) is 0 Å². The standard InChI is InChI=1S/C21H17ClN4O2S/c1-25-12-23-19-17(25)20(28)26(2)21(24-19)29-11-13-3-5-14(6-4-13)18(27)15-7-9-16(22)10-8-15/h3-10,12H,11H2,1-2H3. The van der Waals surface area contributed by atoms with E-state index in [1.807, 2.05) is 12.1 Å². The van der Waals surface area contributed by atoms with Gasteiger partial charge >= 0.3 is 0 Å². The second-order valence-corrected chi connectivity index (χ2v) is 7.99. The summed E-state index contributed by atoms with van der Waals surface area (Å²) in [6.07, 6.45) is 1.59. The van der Waals surface area contributed by atoms with Crippen LogP contribution in [0.1, 0.15) is 21.5 Å². The second-order valence-electron chi connectivity index (χ2n) is 6.61. The molecule has 6 nitrogen and oxygen atoms in total. The molecule has 146 valence electrons. The lowest BCUT2D eigenvalue weighted by Crippen LogP contribution is -2.21. The van der Waals surface area contributed by atoms with E-state index in [1.54, 1.807) is 61.4 Å². The number of ketones is 1. The highest BCUT2D eigenvalue weighted by molar-refractivity contribution is 7.98. The number of aromatic nitrogens is 4.